The van der Waals surface area contributed by atoms with Crippen LogP contribution in [0.4, 0.5) is 0 Å². The summed E-state index contributed by atoms with van der Waals surface area (Å²) in [6, 6.07) is 8.50. The molecule has 0 saturated heterocycles. The van der Waals surface area contributed by atoms with Crippen LogP contribution in [0.3, 0.4) is 0 Å². The standard InChI is InChI=1S/C9H10N2O3/c12-8(11-14)6-10-9(13)7-4-2-1-3-5-7/h1-5,14H,6H2,(H,10,13)(H,11,12). The zero-order valence-corrected chi connectivity index (χ0v) is 7.36. The Morgan fingerprint density at radius 1 is 1.21 bits per heavy atom. The highest BCUT2D eigenvalue weighted by Gasteiger charge is 2.05. The molecular formula is C9H10N2O3. The van der Waals surface area contributed by atoms with Gasteiger partial charge in [-0.25, -0.2) is 5.48 Å². The summed E-state index contributed by atoms with van der Waals surface area (Å²) in [6.45, 7) is -0.246. The highest BCUT2D eigenvalue weighted by molar-refractivity contribution is 5.96. The van der Waals surface area contributed by atoms with Crippen molar-refractivity contribution in [3.8, 4) is 0 Å². The van der Waals surface area contributed by atoms with Gasteiger partial charge < -0.3 is 5.32 Å². The number of carbonyl (C=O) groups is 2. The predicted molar refractivity (Wildman–Crippen MR) is 48.7 cm³/mol. The maximum absolute atomic E-state index is 11.3. The van der Waals surface area contributed by atoms with Crippen molar-refractivity contribution < 1.29 is 14.8 Å². The first kappa shape index (κ1) is 10.2. The predicted octanol–water partition coefficient (Wildman–Crippen LogP) is -0.0782. The molecule has 0 aliphatic carbocycles. The van der Waals surface area contributed by atoms with Crippen LogP contribution in [0, 0.1) is 0 Å². The van der Waals surface area contributed by atoms with Crippen LogP contribution >= 0.6 is 0 Å². The number of carbonyl (C=O) groups excluding carboxylic acids is 2. The van der Waals surface area contributed by atoms with Crippen LogP contribution < -0.4 is 10.8 Å². The third-order valence-corrected chi connectivity index (χ3v) is 1.57. The highest BCUT2D eigenvalue weighted by atomic mass is 16.5. The zero-order chi connectivity index (χ0) is 10.4. The van der Waals surface area contributed by atoms with E-state index >= 15 is 0 Å². The van der Waals surface area contributed by atoms with Gasteiger partial charge in [-0.05, 0) is 12.1 Å². The average molecular weight is 194 g/mol. The quantitative estimate of drug-likeness (QED) is 0.465. The first-order valence-electron chi connectivity index (χ1n) is 4.00. The Labute approximate surface area is 80.7 Å². The van der Waals surface area contributed by atoms with Crippen molar-refractivity contribution in [3.05, 3.63) is 35.9 Å². The molecule has 0 aliphatic rings. The third kappa shape index (κ3) is 2.87. The van der Waals surface area contributed by atoms with E-state index in [1.807, 2.05) is 0 Å². The van der Waals surface area contributed by atoms with Gasteiger partial charge in [0.05, 0.1) is 6.54 Å². The number of amides is 2. The SMILES string of the molecule is O=C(CNC(=O)c1ccccc1)NO. The van der Waals surface area contributed by atoms with Crippen LogP contribution in [0.5, 0.6) is 0 Å². The summed E-state index contributed by atoms with van der Waals surface area (Å²) in [4.78, 5) is 21.9. The lowest BCUT2D eigenvalue weighted by atomic mass is 10.2. The summed E-state index contributed by atoms with van der Waals surface area (Å²) in [7, 11) is 0. The minimum atomic E-state index is -0.658. The minimum absolute atomic E-state index is 0.246. The van der Waals surface area contributed by atoms with Crippen molar-refractivity contribution in [2.75, 3.05) is 6.54 Å². The van der Waals surface area contributed by atoms with Crippen LogP contribution in [0.25, 0.3) is 0 Å². The molecule has 14 heavy (non-hydrogen) atoms. The smallest absolute Gasteiger partial charge is 0.262 e. The number of hydrogen-bond donors (Lipinski definition) is 3. The van der Waals surface area contributed by atoms with Gasteiger partial charge >= 0.3 is 0 Å². The second-order valence-corrected chi connectivity index (χ2v) is 2.58. The van der Waals surface area contributed by atoms with Gasteiger partial charge in [-0.1, -0.05) is 18.2 Å². The van der Waals surface area contributed by atoms with E-state index in [1.54, 1.807) is 30.3 Å². The molecule has 0 aliphatic heterocycles. The third-order valence-electron chi connectivity index (χ3n) is 1.57. The molecular weight excluding hydrogens is 184 g/mol. The number of rotatable bonds is 3. The van der Waals surface area contributed by atoms with Gasteiger partial charge in [0.25, 0.3) is 11.8 Å². The van der Waals surface area contributed by atoms with Crippen LogP contribution in [0.1, 0.15) is 10.4 Å². The Morgan fingerprint density at radius 3 is 2.43 bits per heavy atom. The summed E-state index contributed by atoms with van der Waals surface area (Å²) < 4.78 is 0. The van der Waals surface area contributed by atoms with Crippen molar-refractivity contribution in [3.63, 3.8) is 0 Å². The fourth-order valence-corrected chi connectivity index (χ4v) is 0.892. The van der Waals surface area contributed by atoms with Crippen LogP contribution in [-0.4, -0.2) is 23.6 Å². The maximum atomic E-state index is 11.3. The molecule has 0 atom stereocenters. The van der Waals surface area contributed by atoms with E-state index in [0.29, 0.717) is 5.56 Å². The minimum Gasteiger partial charge on any atom is -0.343 e. The van der Waals surface area contributed by atoms with Crippen molar-refractivity contribution in [2.24, 2.45) is 0 Å². The summed E-state index contributed by atoms with van der Waals surface area (Å²) in [5, 5.41) is 10.5. The number of hydrogen-bond acceptors (Lipinski definition) is 3. The topological polar surface area (TPSA) is 78.4 Å². The molecule has 1 aromatic carbocycles. The average Bonchev–Trinajstić information content (AvgIpc) is 2.26. The number of hydroxylamine groups is 1. The Bertz CT molecular complexity index is 324. The van der Waals surface area contributed by atoms with Gasteiger partial charge in [-0.2, -0.15) is 0 Å². The lowest BCUT2D eigenvalue weighted by Gasteiger charge is -2.02. The van der Waals surface area contributed by atoms with Gasteiger partial charge in [0.15, 0.2) is 0 Å². The van der Waals surface area contributed by atoms with Crippen LogP contribution in [0.15, 0.2) is 30.3 Å². The molecule has 74 valence electrons. The Hall–Kier alpha value is -1.88. The monoisotopic (exact) mass is 194 g/mol. The number of benzene rings is 1. The van der Waals surface area contributed by atoms with Gasteiger partial charge in [0.1, 0.15) is 0 Å². The fraction of sp³-hybridized carbons (Fsp3) is 0.111. The first-order chi connectivity index (χ1) is 6.74. The number of nitrogens with one attached hydrogen (secondary N) is 2. The fourth-order valence-electron chi connectivity index (χ4n) is 0.892. The van der Waals surface area contributed by atoms with E-state index in [-0.39, 0.29) is 12.5 Å². The van der Waals surface area contributed by atoms with Crippen molar-refractivity contribution in [2.45, 2.75) is 0 Å². The summed E-state index contributed by atoms with van der Waals surface area (Å²) in [6.07, 6.45) is 0. The van der Waals surface area contributed by atoms with E-state index in [0.717, 1.165) is 0 Å². The summed E-state index contributed by atoms with van der Waals surface area (Å²) in [5.74, 6) is -1.01. The van der Waals surface area contributed by atoms with E-state index in [9.17, 15) is 9.59 Å². The molecule has 2 amide bonds. The van der Waals surface area contributed by atoms with E-state index in [1.165, 1.54) is 5.48 Å². The molecule has 0 saturated carbocycles. The molecule has 0 aromatic heterocycles. The second-order valence-electron chi connectivity index (χ2n) is 2.58. The second kappa shape index (κ2) is 4.98. The summed E-state index contributed by atoms with van der Waals surface area (Å²) in [5.41, 5.74) is 1.89. The molecule has 0 unspecified atom stereocenters. The Morgan fingerprint density at radius 2 is 1.86 bits per heavy atom. The molecule has 1 aromatic rings. The molecule has 3 N–H and O–H groups in total. The van der Waals surface area contributed by atoms with E-state index in [4.69, 9.17) is 5.21 Å². The lowest BCUT2D eigenvalue weighted by Crippen LogP contribution is -2.35. The molecule has 5 heteroatoms. The molecule has 0 heterocycles. The Balaban J connectivity index is 2.48. The molecule has 0 fully saturated rings. The van der Waals surface area contributed by atoms with E-state index < -0.39 is 5.91 Å². The molecule has 0 bridgehead atoms. The molecule has 1 rings (SSSR count). The lowest BCUT2D eigenvalue weighted by molar-refractivity contribution is -0.128. The van der Waals surface area contributed by atoms with Gasteiger partial charge in [-0.3, -0.25) is 14.8 Å². The van der Waals surface area contributed by atoms with Crippen molar-refractivity contribution >= 4 is 11.8 Å². The molecule has 0 spiro atoms. The molecule has 0 radical (unpaired) electrons. The van der Waals surface area contributed by atoms with Gasteiger partial charge in [0.2, 0.25) is 0 Å². The molecule has 5 nitrogen and oxygen atoms in total. The maximum Gasteiger partial charge on any atom is 0.262 e. The largest absolute Gasteiger partial charge is 0.343 e. The van der Waals surface area contributed by atoms with Crippen molar-refractivity contribution in [1.82, 2.24) is 10.8 Å². The van der Waals surface area contributed by atoms with Gasteiger partial charge in [-0.15, -0.1) is 0 Å². The van der Waals surface area contributed by atoms with Crippen molar-refractivity contribution in [1.29, 1.82) is 0 Å². The van der Waals surface area contributed by atoms with Crippen LogP contribution in [-0.2, 0) is 4.79 Å². The van der Waals surface area contributed by atoms with E-state index in [2.05, 4.69) is 5.32 Å². The normalized spacial score (nSPS) is 9.21. The summed E-state index contributed by atoms with van der Waals surface area (Å²) >= 11 is 0. The highest BCUT2D eigenvalue weighted by Crippen LogP contribution is 1.96. The Kier molecular flexibility index (Phi) is 3.63. The first-order valence-corrected chi connectivity index (χ1v) is 4.00. The zero-order valence-electron chi connectivity index (χ0n) is 7.36. The van der Waals surface area contributed by atoms with Crippen LogP contribution in [0.2, 0.25) is 0 Å². The van der Waals surface area contributed by atoms with Gasteiger partial charge in [0, 0.05) is 5.56 Å².